The Bertz CT molecular complexity index is 1380. The third-order valence-electron chi connectivity index (χ3n) is 6.69. The van der Waals surface area contributed by atoms with Crippen molar-refractivity contribution in [1.29, 1.82) is 0 Å². The highest BCUT2D eigenvalue weighted by atomic mass is 14.7. The van der Waals surface area contributed by atoms with Crippen LogP contribution < -0.4 is 0 Å². The van der Waals surface area contributed by atoms with Gasteiger partial charge in [-0.15, -0.1) is 0 Å². The molecule has 1 aromatic heterocycles. The molecule has 0 aliphatic carbocycles. The van der Waals surface area contributed by atoms with E-state index in [4.69, 9.17) is 4.98 Å². The molecule has 0 fully saturated rings. The topological polar surface area (TPSA) is 12.9 Å². The average molecular weight is 440 g/mol. The highest BCUT2D eigenvalue weighted by Crippen LogP contribution is 2.33. The van der Waals surface area contributed by atoms with Gasteiger partial charge in [0.1, 0.15) is 0 Å². The summed E-state index contributed by atoms with van der Waals surface area (Å²) in [5.41, 5.74) is 14.5. The van der Waals surface area contributed by atoms with Crippen LogP contribution in [0.4, 0.5) is 0 Å². The molecule has 0 aliphatic heterocycles. The highest BCUT2D eigenvalue weighted by molar-refractivity contribution is 5.79. The van der Waals surface area contributed by atoms with Gasteiger partial charge < -0.3 is 0 Å². The molecule has 1 heteroatoms. The maximum Gasteiger partial charge on any atom is 0.0709 e. The second kappa shape index (κ2) is 9.11. The Morgan fingerprint density at radius 3 is 1.24 bits per heavy atom. The quantitative estimate of drug-likeness (QED) is 0.272. The van der Waals surface area contributed by atoms with Crippen molar-refractivity contribution in [3.8, 4) is 44.8 Å². The molecule has 0 saturated heterocycles. The van der Waals surface area contributed by atoms with Crippen molar-refractivity contribution >= 4 is 0 Å². The van der Waals surface area contributed by atoms with Crippen LogP contribution in [0, 0.1) is 27.7 Å². The van der Waals surface area contributed by atoms with Gasteiger partial charge in [-0.05, 0) is 96.5 Å². The first kappa shape index (κ1) is 21.9. The second-order valence-corrected chi connectivity index (χ2v) is 9.10. The third-order valence-corrected chi connectivity index (χ3v) is 6.69. The van der Waals surface area contributed by atoms with E-state index in [0.29, 0.717) is 0 Å². The fraction of sp³-hybridized carbons (Fsp3) is 0.121. The first-order chi connectivity index (χ1) is 16.5. The van der Waals surface area contributed by atoms with E-state index in [1.165, 1.54) is 44.5 Å². The standard InChI is InChI=1S/C33H29N/c1-22-10-5-7-12-28(22)30-20-26(18-16-24(30)3)32-14-9-15-33(34-32)27-19-17-25(4)31(21-27)29-13-8-6-11-23(29)2/h5-21H,1-4H3. The normalized spacial score (nSPS) is 10.9. The van der Waals surface area contributed by atoms with Crippen LogP contribution in [-0.4, -0.2) is 4.98 Å². The fourth-order valence-corrected chi connectivity index (χ4v) is 4.65. The Morgan fingerprint density at radius 2 is 0.794 bits per heavy atom. The third kappa shape index (κ3) is 4.18. The zero-order chi connectivity index (χ0) is 23.7. The summed E-state index contributed by atoms with van der Waals surface area (Å²) in [5.74, 6) is 0. The van der Waals surface area contributed by atoms with Gasteiger partial charge in [0.15, 0.2) is 0 Å². The summed E-state index contributed by atoms with van der Waals surface area (Å²) in [4.78, 5) is 5.09. The molecule has 1 heterocycles. The largest absolute Gasteiger partial charge is 0.248 e. The molecule has 0 saturated carbocycles. The van der Waals surface area contributed by atoms with Gasteiger partial charge >= 0.3 is 0 Å². The molecule has 0 N–H and O–H groups in total. The van der Waals surface area contributed by atoms with Crippen LogP contribution in [0.3, 0.4) is 0 Å². The van der Waals surface area contributed by atoms with E-state index in [2.05, 4.69) is 131 Å². The molecule has 1 nitrogen and oxygen atoms in total. The molecule has 166 valence electrons. The van der Waals surface area contributed by atoms with Crippen LogP contribution in [0.5, 0.6) is 0 Å². The molecular weight excluding hydrogens is 410 g/mol. The zero-order valence-electron chi connectivity index (χ0n) is 20.3. The number of benzene rings is 4. The Labute approximate surface area is 202 Å². The summed E-state index contributed by atoms with van der Waals surface area (Å²) < 4.78 is 0. The van der Waals surface area contributed by atoms with Gasteiger partial charge in [0.2, 0.25) is 0 Å². The highest BCUT2D eigenvalue weighted by Gasteiger charge is 2.11. The molecule has 0 unspecified atom stereocenters. The molecule has 34 heavy (non-hydrogen) atoms. The van der Waals surface area contributed by atoms with Crippen molar-refractivity contribution in [3.63, 3.8) is 0 Å². The Balaban J connectivity index is 1.57. The van der Waals surface area contributed by atoms with Gasteiger partial charge in [-0.1, -0.05) is 78.9 Å². The number of aryl methyl sites for hydroxylation is 4. The minimum absolute atomic E-state index is 0.991. The van der Waals surface area contributed by atoms with Crippen molar-refractivity contribution in [1.82, 2.24) is 4.98 Å². The van der Waals surface area contributed by atoms with E-state index in [1.807, 2.05) is 0 Å². The zero-order valence-corrected chi connectivity index (χ0v) is 20.3. The SMILES string of the molecule is Cc1ccccc1-c1cc(-c2cccc(-c3ccc(C)c(-c4ccccc4C)c3)n2)ccc1C. The molecular formula is C33H29N. The van der Waals surface area contributed by atoms with Crippen molar-refractivity contribution in [2.45, 2.75) is 27.7 Å². The van der Waals surface area contributed by atoms with E-state index in [9.17, 15) is 0 Å². The minimum atomic E-state index is 0.991. The fourth-order valence-electron chi connectivity index (χ4n) is 4.65. The number of rotatable bonds is 4. The first-order valence-electron chi connectivity index (χ1n) is 11.8. The average Bonchev–Trinajstić information content (AvgIpc) is 2.86. The number of hydrogen-bond donors (Lipinski definition) is 0. The van der Waals surface area contributed by atoms with Gasteiger partial charge in [0.05, 0.1) is 11.4 Å². The van der Waals surface area contributed by atoms with Crippen LogP contribution >= 0.6 is 0 Å². The van der Waals surface area contributed by atoms with E-state index < -0.39 is 0 Å². The number of hydrogen-bond acceptors (Lipinski definition) is 1. The Kier molecular flexibility index (Phi) is 5.86. The molecule has 5 aromatic rings. The second-order valence-electron chi connectivity index (χ2n) is 9.10. The summed E-state index contributed by atoms with van der Waals surface area (Å²) >= 11 is 0. The van der Waals surface area contributed by atoms with Crippen molar-refractivity contribution in [2.75, 3.05) is 0 Å². The summed E-state index contributed by atoms with van der Waals surface area (Å²) in [6.07, 6.45) is 0. The predicted molar refractivity (Wildman–Crippen MR) is 145 cm³/mol. The van der Waals surface area contributed by atoms with Gasteiger partial charge in [0, 0.05) is 11.1 Å². The number of pyridine rings is 1. The number of nitrogens with zero attached hydrogens (tertiary/aromatic N) is 1. The Hall–Kier alpha value is -3.97. The molecule has 0 radical (unpaired) electrons. The Morgan fingerprint density at radius 1 is 0.382 bits per heavy atom. The lowest BCUT2D eigenvalue weighted by Crippen LogP contribution is -1.92. The molecule has 0 spiro atoms. The van der Waals surface area contributed by atoms with Crippen LogP contribution in [0.15, 0.2) is 103 Å². The lowest BCUT2D eigenvalue weighted by molar-refractivity contribution is 1.31. The van der Waals surface area contributed by atoms with E-state index in [0.717, 1.165) is 22.5 Å². The van der Waals surface area contributed by atoms with Gasteiger partial charge in [-0.25, -0.2) is 4.98 Å². The van der Waals surface area contributed by atoms with Crippen LogP contribution in [0.1, 0.15) is 22.3 Å². The summed E-state index contributed by atoms with van der Waals surface area (Å²) in [6, 6.07) is 36.8. The predicted octanol–water partition coefficient (Wildman–Crippen LogP) is 8.98. The van der Waals surface area contributed by atoms with Gasteiger partial charge in [-0.2, -0.15) is 0 Å². The minimum Gasteiger partial charge on any atom is -0.248 e. The van der Waals surface area contributed by atoms with Gasteiger partial charge in [-0.3, -0.25) is 0 Å². The maximum atomic E-state index is 5.09. The van der Waals surface area contributed by atoms with E-state index in [1.54, 1.807) is 0 Å². The number of aromatic nitrogens is 1. The van der Waals surface area contributed by atoms with Gasteiger partial charge in [0.25, 0.3) is 0 Å². The molecule has 5 rings (SSSR count). The summed E-state index contributed by atoms with van der Waals surface area (Å²) in [5, 5.41) is 0. The first-order valence-corrected chi connectivity index (χ1v) is 11.8. The van der Waals surface area contributed by atoms with Crippen LogP contribution in [0.2, 0.25) is 0 Å². The summed E-state index contributed by atoms with van der Waals surface area (Å²) in [7, 11) is 0. The summed E-state index contributed by atoms with van der Waals surface area (Å²) in [6.45, 7) is 8.69. The lowest BCUT2D eigenvalue weighted by Gasteiger charge is -2.13. The van der Waals surface area contributed by atoms with Crippen LogP contribution in [0.25, 0.3) is 44.8 Å². The molecule has 0 atom stereocenters. The molecule has 0 amide bonds. The van der Waals surface area contributed by atoms with Crippen molar-refractivity contribution in [2.24, 2.45) is 0 Å². The maximum absolute atomic E-state index is 5.09. The molecule has 0 aliphatic rings. The molecule has 0 bridgehead atoms. The van der Waals surface area contributed by atoms with E-state index >= 15 is 0 Å². The van der Waals surface area contributed by atoms with E-state index in [-0.39, 0.29) is 0 Å². The molecule has 4 aromatic carbocycles. The lowest BCUT2D eigenvalue weighted by atomic mass is 9.93. The van der Waals surface area contributed by atoms with Crippen LogP contribution in [-0.2, 0) is 0 Å². The smallest absolute Gasteiger partial charge is 0.0709 e. The monoisotopic (exact) mass is 439 g/mol. The van der Waals surface area contributed by atoms with Crippen molar-refractivity contribution < 1.29 is 0 Å². The van der Waals surface area contributed by atoms with Crippen molar-refractivity contribution in [3.05, 3.63) is 125 Å².